The van der Waals surface area contributed by atoms with Crippen molar-refractivity contribution in [3.05, 3.63) is 73.7 Å². The summed E-state index contributed by atoms with van der Waals surface area (Å²) in [5, 5.41) is 0. The summed E-state index contributed by atoms with van der Waals surface area (Å²) < 4.78 is 15.7. The molecule has 2 heterocycles. The molecule has 36 heavy (non-hydrogen) atoms. The number of esters is 2. The van der Waals surface area contributed by atoms with Gasteiger partial charge in [0, 0.05) is 16.7 Å². The second-order valence-corrected chi connectivity index (χ2v) is 11.0. The maximum Gasteiger partial charge on any atom is 0.346 e. The number of nitrogens with zero attached hydrogens (tertiary/aromatic N) is 1. The van der Waals surface area contributed by atoms with Gasteiger partial charge in [0.05, 0.1) is 41.7 Å². The minimum Gasteiger partial charge on any atom is -0.497 e. The second-order valence-electron chi connectivity index (χ2n) is 8.29. The van der Waals surface area contributed by atoms with Crippen molar-refractivity contribution in [2.24, 2.45) is 0 Å². The summed E-state index contributed by atoms with van der Waals surface area (Å²) in [7, 11) is 4.06. The first-order chi connectivity index (χ1) is 17.1. The zero-order chi connectivity index (χ0) is 26.2. The summed E-state index contributed by atoms with van der Waals surface area (Å²) in [4.78, 5) is 41.2. The molecule has 0 radical (unpaired) electrons. The fraction of sp³-hybridized carbons (Fsp3) is 0.231. The third-order valence-corrected chi connectivity index (χ3v) is 9.08. The van der Waals surface area contributed by atoms with Gasteiger partial charge in [0.15, 0.2) is 0 Å². The predicted molar refractivity (Wildman–Crippen MR) is 146 cm³/mol. The molecule has 0 aromatic heterocycles. The van der Waals surface area contributed by atoms with Crippen LogP contribution in [0.1, 0.15) is 29.8 Å². The van der Waals surface area contributed by atoms with E-state index in [0.29, 0.717) is 31.7 Å². The number of thiocarbonyl (C=S) groups is 1. The topological polar surface area (TPSA) is 82.1 Å². The van der Waals surface area contributed by atoms with E-state index in [1.807, 2.05) is 38.1 Å². The number of hydrogen-bond donors (Lipinski definition) is 0. The van der Waals surface area contributed by atoms with E-state index in [1.54, 1.807) is 36.3 Å². The average Bonchev–Trinajstić information content (AvgIpc) is 3.33. The van der Waals surface area contributed by atoms with Crippen molar-refractivity contribution in [3.63, 3.8) is 0 Å². The van der Waals surface area contributed by atoms with Crippen LogP contribution in [-0.2, 0) is 19.1 Å². The van der Waals surface area contributed by atoms with Gasteiger partial charge in [-0.25, -0.2) is 9.59 Å². The van der Waals surface area contributed by atoms with E-state index in [4.69, 9.17) is 26.4 Å². The molecular weight excluding hydrogens is 518 g/mol. The van der Waals surface area contributed by atoms with Crippen molar-refractivity contribution < 1.29 is 28.6 Å². The minimum absolute atomic E-state index is 0.143. The number of para-hydroxylation sites is 1. The summed E-state index contributed by atoms with van der Waals surface area (Å²) in [6, 6.07) is 14.4. The standard InChI is InChI=1S/C26H23NO6S3/c1-26(2)21(34)18(25-35-19(23(29)32-4)20(36-25)24(30)33-5)16-11-6-7-12-17(16)27(26)22(28)14-9-8-10-15(13-14)31-3/h6-13H,1-5H3. The van der Waals surface area contributed by atoms with Crippen LogP contribution < -0.4 is 9.64 Å². The molecule has 0 saturated heterocycles. The highest BCUT2D eigenvalue weighted by Crippen LogP contribution is 2.56. The van der Waals surface area contributed by atoms with Crippen molar-refractivity contribution in [1.29, 1.82) is 0 Å². The zero-order valence-electron chi connectivity index (χ0n) is 20.2. The number of hydrogen-bond acceptors (Lipinski definition) is 9. The Labute approximate surface area is 222 Å². The summed E-state index contributed by atoms with van der Waals surface area (Å²) in [5.41, 5.74) is 1.63. The quantitative estimate of drug-likeness (QED) is 0.294. The lowest BCUT2D eigenvalue weighted by Gasteiger charge is -2.45. The molecule has 0 bridgehead atoms. The second kappa shape index (κ2) is 10.1. The van der Waals surface area contributed by atoms with E-state index in [2.05, 4.69) is 0 Å². The largest absolute Gasteiger partial charge is 0.497 e. The molecule has 2 aromatic carbocycles. The van der Waals surface area contributed by atoms with Gasteiger partial charge in [0.2, 0.25) is 0 Å². The number of benzene rings is 2. The highest BCUT2D eigenvalue weighted by molar-refractivity contribution is 8.29. The molecule has 4 rings (SSSR count). The third-order valence-electron chi connectivity index (χ3n) is 5.82. The predicted octanol–water partition coefficient (Wildman–Crippen LogP) is 5.21. The molecular formula is C26H23NO6S3. The van der Waals surface area contributed by atoms with E-state index >= 15 is 0 Å². The molecule has 2 aromatic rings. The molecule has 10 heteroatoms. The van der Waals surface area contributed by atoms with E-state index in [-0.39, 0.29) is 15.7 Å². The Bertz CT molecular complexity index is 1330. The number of ether oxygens (including phenoxy) is 3. The summed E-state index contributed by atoms with van der Waals surface area (Å²) in [6.07, 6.45) is 0. The fourth-order valence-corrected chi connectivity index (χ4v) is 7.05. The first kappa shape index (κ1) is 26.0. The van der Waals surface area contributed by atoms with Crippen LogP contribution in [0.2, 0.25) is 0 Å². The maximum absolute atomic E-state index is 13.8. The Kier molecular flexibility index (Phi) is 7.31. The van der Waals surface area contributed by atoms with Crippen molar-refractivity contribution in [1.82, 2.24) is 0 Å². The number of carbonyl (C=O) groups excluding carboxylic acids is 3. The average molecular weight is 542 g/mol. The van der Waals surface area contributed by atoms with Gasteiger partial charge in [0.25, 0.3) is 5.91 Å². The zero-order valence-corrected chi connectivity index (χ0v) is 22.7. The summed E-state index contributed by atoms with van der Waals surface area (Å²) in [6.45, 7) is 3.76. The van der Waals surface area contributed by atoms with Gasteiger partial charge in [-0.05, 0) is 38.1 Å². The monoisotopic (exact) mass is 541 g/mol. The summed E-state index contributed by atoms with van der Waals surface area (Å²) >= 11 is 8.22. The Morgan fingerprint density at radius 2 is 1.50 bits per heavy atom. The van der Waals surface area contributed by atoms with E-state index in [9.17, 15) is 14.4 Å². The Hall–Kier alpha value is -3.08. The van der Waals surface area contributed by atoms with Gasteiger partial charge in [0.1, 0.15) is 15.6 Å². The van der Waals surface area contributed by atoms with Gasteiger partial charge >= 0.3 is 11.9 Å². The number of thioether (sulfide) groups is 2. The van der Waals surface area contributed by atoms with Crippen LogP contribution in [-0.4, -0.2) is 49.6 Å². The van der Waals surface area contributed by atoms with Gasteiger partial charge in [-0.15, -0.1) is 0 Å². The molecule has 0 atom stereocenters. The fourth-order valence-electron chi connectivity index (χ4n) is 4.02. The van der Waals surface area contributed by atoms with Crippen LogP contribution >= 0.6 is 35.7 Å². The first-order valence-electron chi connectivity index (χ1n) is 10.8. The van der Waals surface area contributed by atoms with Crippen molar-refractivity contribution in [3.8, 4) is 5.75 Å². The molecule has 0 unspecified atom stereocenters. The SMILES string of the molecule is COC(=O)C1=C(C(=O)OC)SC(=C2C(=S)C(C)(C)N(C(=O)c3cccc(OC)c3)c3ccccc32)S1. The number of methoxy groups -OCH3 is 3. The molecule has 2 aliphatic rings. The highest BCUT2D eigenvalue weighted by Gasteiger charge is 2.46. The van der Waals surface area contributed by atoms with Gasteiger partial charge in [-0.3, -0.25) is 9.69 Å². The van der Waals surface area contributed by atoms with Crippen LogP contribution in [0.25, 0.3) is 5.57 Å². The highest BCUT2D eigenvalue weighted by atomic mass is 32.2. The molecule has 2 aliphatic heterocycles. The molecule has 1 amide bonds. The number of amides is 1. The smallest absolute Gasteiger partial charge is 0.346 e. The maximum atomic E-state index is 13.8. The lowest BCUT2D eigenvalue weighted by molar-refractivity contribution is -0.138. The molecule has 0 aliphatic carbocycles. The van der Waals surface area contributed by atoms with Gasteiger partial charge in [-0.2, -0.15) is 0 Å². The van der Waals surface area contributed by atoms with E-state index < -0.39 is 17.5 Å². The van der Waals surface area contributed by atoms with Crippen LogP contribution in [0.5, 0.6) is 5.75 Å². The molecule has 0 fully saturated rings. The number of anilines is 1. The normalized spacial score (nSPS) is 16.6. The minimum atomic E-state index is -0.910. The van der Waals surface area contributed by atoms with E-state index in [0.717, 1.165) is 29.1 Å². The number of rotatable bonds is 4. The van der Waals surface area contributed by atoms with Crippen molar-refractivity contribution in [2.75, 3.05) is 26.2 Å². The number of carbonyl (C=O) groups is 3. The molecule has 0 saturated carbocycles. The van der Waals surface area contributed by atoms with Crippen LogP contribution in [0, 0.1) is 0 Å². The van der Waals surface area contributed by atoms with Crippen LogP contribution in [0.15, 0.2) is 62.6 Å². The summed E-state index contributed by atoms with van der Waals surface area (Å²) in [5.74, 6) is -0.918. The van der Waals surface area contributed by atoms with E-state index in [1.165, 1.54) is 14.2 Å². The van der Waals surface area contributed by atoms with Gasteiger partial charge < -0.3 is 14.2 Å². The molecule has 0 N–H and O–H groups in total. The lowest BCUT2D eigenvalue weighted by atomic mass is 9.83. The Morgan fingerprint density at radius 1 is 0.889 bits per heavy atom. The Morgan fingerprint density at radius 3 is 2.08 bits per heavy atom. The van der Waals surface area contributed by atoms with Crippen molar-refractivity contribution >= 4 is 69.7 Å². The van der Waals surface area contributed by atoms with Crippen molar-refractivity contribution in [2.45, 2.75) is 19.4 Å². The lowest BCUT2D eigenvalue weighted by Crippen LogP contribution is -2.55. The first-order valence-corrected chi connectivity index (χ1v) is 12.8. The number of fused-ring (bicyclic) bond motifs is 1. The van der Waals surface area contributed by atoms with Crippen LogP contribution in [0.3, 0.4) is 0 Å². The Balaban J connectivity index is 1.87. The molecule has 7 nitrogen and oxygen atoms in total. The molecule has 0 spiro atoms. The third kappa shape index (κ3) is 4.33. The van der Waals surface area contributed by atoms with Gasteiger partial charge in [-0.1, -0.05) is 60.0 Å². The molecule has 186 valence electrons. The van der Waals surface area contributed by atoms with Crippen LogP contribution in [0.4, 0.5) is 5.69 Å².